The van der Waals surface area contributed by atoms with Gasteiger partial charge in [0.1, 0.15) is 0 Å². The molecular formula is C12H17F3N2. The Hall–Kier alpha value is -1.10. The summed E-state index contributed by atoms with van der Waals surface area (Å²) in [6.07, 6.45) is -1.62. The van der Waals surface area contributed by atoms with Gasteiger partial charge >= 0.3 is 6.18 Å². The molecule has 5 heteroatoms. The monoisotopic (exact) mass is 246 g/mol. The molecule has 96 valence electrons. The molecule has 0 amide bonds. The molecule has 0 saturated carbocycles. The molecule has 0 bridgehead atoms. The molecule has 1 heterocycles. The van der Waals surface area contributed by atoms with Crippen molar-refractivity contribution in [1.29, 1.82) is 0 Å². The van der Waals surface area contributed by atoms with Crippen molar-refractivity contribution in [2.75, 3.05) is 7.05 Å². The standard InChI is InChI=1S/C12H17F3N2/c1-16-10(7-8-12(13,14)15)5-6-11-4-2-3-9-17-11/h2-4,9-10,16H,5-8H2,1H3. The number of alkyl halides is 3. The number of pyridine rings is 1. The van der Waals surface area contributed by atoms with Crippen molar-refractivity contribution in [1.82, 2.24) is 10.3 Å². The normalized spacial score (nSPS) is 13.6. The van der Waals surface area contributed by atoms with E-state index in [2.05, 4.69) is 10.3 Å². The van der Waals surface area contributed by atoms with Crippen molar-refractivity contribution in [3.63, 3.8) is 0 Å². The van der Waals surface area contributed by atoms with Gasteiger partial charge in [0.25, 0.3) is 0 Å². The van der Waals surface area contributed by atoms with E-state index in [0.29, 0.717) is 12.8 Å². The molecule has 2 nitrogen and oxygen atoms in total. The third kappa shape index (κ3) is 6.26. The quantitative estimate of drug-likeness (QED) is 0.834. The zero-order valence-electron chi connectivity index (χ0n) is 9.80. The van der Waals surface area contributed by atoms with E-state index in [4.69, 9.17) is 0 Å². The molecule has 0 aliphatic carbocycles. The van der Waals surface area contributed by atoms with Gasteiger partial charge in [-0.25, -0.2) is 0 Å². The van der Waals surface area contributed by atoms with Crippen molar-refractivity contribution in [2.45, 2.75) is 37.9 Å². The Morgan fingerprint density at radius 3 is 2.59 bits per heavy atom. The molecule has 0 aromatic carbocycles. The first-order valence-electron chi connectivity index (χ1n) is 5.65. The summed E-state index contributed by atoms with van der Waals surface area (Å²) in [4.78, 5) is 4.14. The maximum Gasteiger partial charge on any atom is 0.389 e. The van der Waals surface area contributed by atoms with Crippen molar-refractivity contribution in [3.8, 4) is 0 Å². The maximum absolute atomic E-state index is 12.1. The van der Waals surface area contributed by atoms with Gasteiger partial charge in [-0.3, -0.25) is 4.98 Å². The average Bonchev–Trinajstić information content (AvgIpc) is 2.29. The molecule has 1 unspecified atom stereocenters. The summed E-state index contributed by atoms with van der Waals surface area (Å²) in [6.45, 7) is 0. The van der Waals surface area contributed by atoms with E-state index in [0.717, 1.165) is 5.69 Å². The lowest BCUT2D eigenvalue weighted by molar-refractivity contribution is -0.136. The van der Waals surface area contributed by atoms with Gasteiger partial charge in [-0.15, -0.1) is 0 Å². The van der Waals surface area contributed by atoms with E-state index < -0.39 is 12.6 Å². The van der Waals surface area contributed by atoms with Crippen molar-refractivity contribution >= 4 is 0 Å². The third-order valence-corrected chi connectivity index (χ3v) is 2.66. The predicted octanol–water partition coefficient (Wildman–Crippen LogP) is 2.94. The van der Waals surface area contributed by atoms with E-state index in [9.17, 15) is 13.2 Å². The van der Waals surface area contributed by atoms with E-state index in [-0.39, 0.29) is 12.5 Å². The number of halogens is 3. The Morgan fingerprint density at radius 1 is 1.29 bits per heavy atom. The molecule has 17 heavy (non-hydrogen) atoms. The molecule has 0 radical (unpaired) electrons. The van der Waals surface area contributed by atoms with Crippen LogP contribution in [-0.4, -0.2) is 24.2 Å². The van der Waals surface area contributed by atoms with Crippen LogP contribution in [0.1, 0.15) is 25.0 Å². The first-order chi connectivity index (χ1) is 8.01. The molecule has 0 saturated heterocycles. The minimum atomic E-state index is -4.07. The van der Waals surface area contributed by atoms with Crippen LogP contribution in [0.4, 0.5) is 13.2 Å². The lowest BCUT2D eigenvalue weighted by atomic mass is 10.0. The smallest absolute Gasteiger partial charge is 0.317 e. The molecule has 1 aromatic rings. The molecule has 0 spiro atoms. The molecule has 1 atom stereocenters. The Bertz CT molecular complexity index is 311. The number of nitrogens with one attached hydrogen (secondary N) is 1. The molecule has 0 aliphatic heterocycles. The lowest BCUT2D eigenvalue weighted by Gasteiger charge is -2.16. The number of rotatable bonds is 6. The highest BCUT2D eigenvalue weighted by atomic mass is 19.4. The number of nitrogens with zero attached hydrogens (tertiary/aromatic N) is 1. The van der Waals surface area contributed by atoms with Crippen molar-refractivity contribution in [2.24, 2.45) is 0 Å². The maximum atomic E-state index is 12.1. The Morgan fingerprint density at radius 2 is 2.06 bits per heavy atom. The van der Waals surface area contributed by atoms with E-state index in [1.165, 1.54) is 0 Å². The van der Waals surface area contributed by atoms with E-state index >= 15 is 0 Å². The van der Waals surface area contributed by atoms with Crippen LogP contribution < -0.4 is 5.32 Å². The summed E-state index contributed by atoms with van der Waals surface area (Å²) < 4.78 is 36.2. The highest BCUT2D eigenvalue weighted by Gasteiger charge is 2.27. The zero-order valence-corrected chi connectivity index (χ0v) is 9.80. The summed E-state index contributed by atoms with van der Waals surface area (Å²) in [6, 6.07) is 5.48. The third-order valence-electron chi connectivity index (χ3n) is 2.66. The van der Waals surface area contributed by atoms with Crippen LogP contribution in [-0.2, 0) is 6.42 Å². The second-order valence-electron chi connectivity index (χ2n) is 4.00. The number of hydrogen-bond donors (Lipinski definition) is 1. The van der Waals surface area contributed by atoms with Gasteiger partial charge in [-0.2, -0.15) is 13.2 Å². The van der Waals surface area contributed by atoms with E-state index in [1.807, 2.05) is 18.2 Å². The highest BCUT2D eigenvalue weighted by molar-refractivity contribution is 5.03. The van der Waals surface area contributed by atoms with Gasteiger partial charge in [0.05, 0.1) is 0 Å². The number of aryl methyl sites for hydroxylation is 1. The van der Waals surface area contributed by atoms with Crippen molar-refractivity contribution in [3.05, 3.63) is 30.1 Å². The lowest BCUT2D eigenvalue weighted by Crippen LogP contribution is -2.27. The van der Waals surface area contributed by atoms with Crippen LogP contribution >= 0.6 is 0 Å². The topological polar surface area (TPSA) is 24.9 Å². The molecule has 1 rings (SSSR count). The fourth-order valence-corrected chi connectivity index (χ4v) is 1.64. The molecule has 1 N–H and O–H groups in total. The van der Waals surface area contributed by atoms with Crippen LogP contribution in [0.15, 0.2) is 24.4 Å². The summed E-state index contributed by atoms with van der Waals surface area (Å²) in [5.41, 5.74) is 0.916. The van der Waals surface area contributed by atoms with Crippen LogP contribution in [0.25, 0.3) is 0 Å². The first kappa shape index (κ1) is 14.0. The second kappa shape index (κ2) is 6.59. The molecule has 0 aliphatic rings. The summed E-state index contributed by atoms with van der Waals surface area (Å²) in [7, 11) is 1.69. The van der Waals surface area contributed by atoms with Crippen molar-refractivity contribution < 1.29 is 13.2 Å². The fraction of sp³-hybridized carbons (Fsp3) is 0.583. The summed E-state index contributed by atoms with van der Waals surface area (Å²) in [5, 5.41) is 2.92. The number of hydrogen-bond acceptors (Lipinski definition) is 2. The average molecular weight is 246 g/mol. The van der Waals surface area contributed by atoms with Crippen LogP contribution in [0.5, 0.6) is 0 Å². The zero-order chi connectivity index (χ0) is 12.7. The summed E-state index contributed by atoms with van der Waals surface area (Å²) >= 11 is 0. The van der Waals surface area contributed by atoms with Crippen LogP contribution in [0.2, 0.25) is 0 Å². The van der Waals surface area contributed by atoms with Gasteiger partial charge in [0, 0.05) is 24.4 Å². The van der Waals surface area contributed by atoms with Gasteiger partial charge in [-0.1, -0.05) is 6.07 Å². The summed E-state index contributed by atoms with van der Waals surface area (Å²) in [5.74, 6) is 0. The highest BCUT2D eigenvalue weighted by Crippen LogP contribution is 2.23. The van der Waals surface area contributed by atoms with Gasteiger partial charge in [0.2, 0.25) is 0 Å². The van der Waals surface area contributed by atoms with E-state index in [1.54, 1.807) is 13.2 Å². The number of aromatic nitrogens is 1. The van der Waals surface area contributed by atoms with Gasteiger partial charge in [0.15, 0.2) is 0 Å². The minimum absolute atomic E-state index is 0.112. The van der Waals surface area contributed by atoms with Crippen LogP contribution in [0, 0.1) is 0 Å². The fourth-order valence-electron chi connectivity index (χ4n) is 1.64. The largest absolute Gasteiger partial charge is 0.389 e. The minimum Gasteiger partial charge on any atom is -0.317 e. The van der Waals surface area contributed by atoms with Crippen LogP contribution in [0.3, 0.4) is 0 Å². The second-order valence-corrected chi connectivity index (χ2v) is 4.00. The first-order valence-corrected chi connectivity index (χ1v) is 5.65. The van der Waals surface area contributed by atoms with Gasteiger partial charge < -0.3 is 5.32 Å². The predicted molar refractivity (Wildman–Crippen MR) is 60.7 cm³/mol. The molecule has 1 aromatic heterocycles. The SMILES string of the molecule is CNC(CCc1ccccn1)CCC(F)(F)F. The van der Waals surface area contributed by atoms with Gasteiger partial charge in [-0.05, 0) is 38.4 Å². The molecule has 0 fully saturated rings. The Kier molecular flexibility index (Phi) is 5.41. The Balaban J connectivity index is 2.33. The Labute approximate surface area is 99.3 Å². The molecular weight excluding hydrogens is 229 g/mol.